The van der Waals surface area contributed by atoms with Gasteiger partial charge in [-0.2, -0.15) is 0 Å². The van der Waals surface area contributed by atoms with Gasteiger partial charge < -0.3 is 4.74 Å². The maximum absolute atomic E-state index is 12.7. The molecule has 0 atom stereocenters. The number of hydrogen-bond donors (Lipinski definition) is 0. The molecule has 4 nitrogen and oxygen atoms in total. The van der Waals surface area contributed by atoms with Crippen LogP contribution in [0.1, 0.15) is 27.5 Å². The van der Waals surface area contributed by atoms with Gasteiger partial charge >= 0.3 is 0 Å². The summed E-state index contributed by atoms with van der Waals surface area (Å²) in [6.45, 7) is 4.17. The molecule has 5 rings (SSSR count). The lowest BCUT2D eigenvalue weighted by Crippen LogP contribution is -2.48. The Balaban J connectivity index is 1.28. The third-order valence-corrected chi connectivity index (χ3v) is 6.33. The molecule has 0 spiro atoms. The van der Waals surface area contributed by atoms with Gasteiger partial charge in [0.2, 0.25) is 0 Å². The van der Waals surface area contributed by atoms with Crippen molar-refractivity contribution in [2.24, 2.45) is 0 Å². The van der Waals surface area contributed by atoms with Gasteiger partial charge in [0, 0.05) is 31.7 Å². The van der Waals surface area contributed by atoms with Crippen molar-refractivity contribution < 1.29 is 9.53 Å². The molecule has 0 saturated carbocycles. The number of ether oxygens (including phenoxy) is 1. The molecule has 0 bridgehead atoms. The Kier molecular flexibility index (Phi) is 5.11. The first-order chi connectivity index (χ1) is 14.7. The van der Waals surface area contributed by atoms with Gasteiger partial charge in [-0.1, -0.05) is 60.7 Å². The van der Waals surface area contributed by atoms with Gasteiger partial charge in [-0.15, -0.1) is 0 Å². The number of rotatable bonds is 5. The smallest absolute Gasteiger partial charge is 0.176 e. The third kappa shape index (κ3) is 3.42. The van der Waals surface area contributed by atoms with Crippen LogP contribution in [-0.4, -0.2) is 55.4 Å². The molecule has 1 heterocycles. The highest BCUT2D eigenvalue weighted by Crippen LogP contribution is 2.46. The largest absolute Gasteiger partial charge is 0.497 e. The second-order valence-corrected chi connectivity index (χ2v) is 8.04. The fraction of sp³-hybridized carbons (Fsp3) is 0.269. The highest BCUT2D eigenvalue weighted by molar-refractivity contribution is 5.98. The molecule has 0 aromatic heterocycles. The predicted octanol–water partition coefficient (Wildman–Crippen LogP) is 4.27. The van der Waals surface area contributed by atoms with E-state index >= 15 is 0 Å². The Morgan fingerprint density at radius 3 is 2.13 bits per heavy atom. The third-order valence-electron chi connectivity index (χ3n) is 6.33. The zero-order chi connectivity index (χ0) is 20.5. The lowest BCUT2D eigenvalue weighted by Gasteiger charge is -2.38. The van der Waals surface area contributed by atoms with E-state index in [9.17, 15) is 4.79 Å². The van der Waals surface area contributed by atoms with Crippen molar-refractivity contribution in [3.05, 3.63) is 89.5 Å². The molecular weight excluding hydrogens is 372 g/mol. The van der Waals surface area contributed by atoms with E-state index in [0.717, 1.165) is 37.5 Å². The van der Waals surface area contributed by atoms with Gasteiger partial charge in [0.25, 0.3) is 0 Å². The summed E-state index contributed by atoms with van der Waals surface area (Å²) in [5.41, 5.74) is 6.23. The number of hydrogen-bond acceptors (Lipinski definition) is 4. The molecule has 3 aromatic rings. The maximum Gasteiger partial charge on any atom is 0.176 e. The fourth-order valence-electron chi connectivity index (χ4n) is 4.79. The van der Waals surface area contributed by atoms with Crippen LogP contribution in [-0.2, 0) is 0 Å². The number of fused-ring (bicyclic) bond motifs is 3. The molecule has 1 fully saturated rings. The Labute approximate surface area is 177 Å². The summed E-state index contributed by atoms with van der Waals surface area (Å²) in [5.74, 6) is 0.878. The Morgan fingerprint density at radius 1 is 0.867 bits per heavy atom. The summed E-state index contributed by atoms with van der Waals surface area (Å²) >= 11 is 0. The topological polar surface area (TPSA) is 32.8 Å². The normalized spacial score (nSPS) is 16.8. The molecule has 3 aromatic carbocycles. The summed E-state index contributed by atoms with van der Waals surface area (Å²) in [6, 6.07) is 25.3. The number of benzene rings is 3. The average Bonchev–Trinajstić information content (AvgIpc) is 3.14. The van der Waals surface area contributed by atoms with Gasteiger partial charge in [-0.25, -0.2) is 0 Å². The minimum Gasteiger partial charge on any atom is -0.497 e. The van der Waals surface area contributed by atoms with E-state index in [4.69, 9.17) is 4.74 Å². The van der Waals surface area contributed by atoms with Crippen LogP contribution in [0.25, 0.3) is 11.1 Å². The van der Waals surface area contributed by atoms with Crippen molar-refractivity contribution in [1.82, 2.24) is 9.80 Å². The second-order valence-electron chi connectivity index (χ2n) is 8.04. The molecule has 0 amide bonds. The molecule has 4 heteroatoms. The quantitative estimate of drug-likeness (QED) is 0.601. The summed E-state index contributed by atoms with van der Waals surface area (Å²) in [5, 5.41) is 0. The lowest BCUT2D eigenvalue weighted by molar-refractivity contribution is 0.0811. The van der Waals surface area contributed by atoms with E-state index in [1.807, 2.05) is 24.3 Å². The summed E-state index contributed by atoms with van der Waals surface area (Å²) in [7, 11) is 1.63. The number of Topliss-reactive ketones (excluding diaryl/α,β-unsaturated/α-hetero) is 1. The van der Waals surface area contributed by atoms with Crippen LogP contribution in [0.15, 0.2) is 72.8 Å². The number of methoxy groups -OCH3 is 1. The molecule has 2 aliphatic rings. The van der Waals surface area contributed by atoms with E-state index in [0.29, 0.717) is 12.6 Å². The highest BCUT2D eigenvalue weighted by atomic mass is 16.5. The van der Waals surface area contributed by atoms with Crippen LogP contribution in [0.4, 0.5) is 0 Å². The van der Waals surface area contributed by atoms with Crippen molar-refractivity contribution in [1.29, 1.82) is 0 Å². The van der Waals surface area contributed by atoms with Crippen LogP contribution in [0.3, 0.4) is 0 Å². The van der Waals surface area contributed by atoms with E-state index in [1.165, 1.54) is 22.3 Å². The van der Waals surface area contributed by atoms with Crippen molar-refractivity contribution in [2.45, 2.75) is 6.04 Å². The first-order valence-electron chi connectivity index (χ1n) is 10.6. The molecule has 30 heavy (non-hydrogen) atoms. The number of carbonyl (C=O) groups is 1. The molecular formula is C26H26N2O2. The SMILES string of the molecule is COc1cccc(C(=O)CN2CCN(C3c4ccccc4-c4ccccc43)CC2)c1. The maximum atomic E-state index is 12.7. The molecule has 0 N–H and O–H groups in total. The predicted molar refractivity (Wildman–Crippen MR) is 119 cm³/mol. The van der Waals surface area contributed by atoms with Crippen molar-refractivity contribution in [2.75, 3.05) is 39.8 Å². The van der Waals surface area contributed by atoms with E-state index in [1.54, 1.807) is 7.11 Å². The lowest BCUT2D eigenvalue weighted by atomic mass is 10.0. The Hall–Kier alpha value is -2.95. The molecule has 0 radical (unpaired) electrons. The highest BCUT2D eigenvalue weighted by Gasteiger charge is 2.34. The van der Waals surface area contributed by atoms with Crippen molar-refractivity contribution in [3.8, 4) is 16.9 Å². The first kappa shape index (κ1) is 19.0. The zero-order valence-corrected chi connectivity index (χ0v) is 17.3. The van der Waals surface area contributed by atoms with E-state index in [2.05, 4.69) is 58.3 Å². The van der Waals surface area contributed by atoms with Crippen LogP contribution < -0.4 is 4.74 Å². The van der Waals surface area contributed by atoms with Crippen LogP contribution in [0, 0.1) is 0 Å². The molecule has 1 saturated heterocycles. The Morgan fingerprint density at radius 2 is 1.50 bits per heavy atom. The van der Waals surface area contributed by atoms with E-state index in [-0.39, 0.29) is 5.78 Å². The van der Waals surface area contributed by atoms with Gasteiger partial charge in [0.1, 0.15) is 5.75 Å². The molecule has 1 aliphatic heterocycles. The van der Waals surface area contributed by atoms with Crippen molar-refractivity contribution in [3.63, 3.8) is 0 Å². The molecule has 0 unspecified atom stereocenters. The van der Waals surface area contributed by atoms with Crippen LogP contribution >= 0.6 is 0 Å². The monoisotopic (exact) mass is 398 g/mol. The fourth-order valence-corrected chi connectivity index (χ4v) is 4.79. The number of nitrogens with zero attached hydrogens (tertiary/aromatic N) is 2. The molecule has 1 aliphatic carbocycles. The van der Waals surface area contributed by atoms with Gasteiger partial charge in [0.15, 0.2) is 5.78 Å². The molecule has 152 valence electrons. The standard InChI is InChI=1S/C26H26N2O2/c1-30-20-8-6-7-19(17-20)25(29)18-27-13-15-28(16-14-27)26-23-11-4-2-9-21(23)22-10-3-5-12-24(22)26/h2-12,17,26H,13-16,18H2,1H3. The van der Waals surface area contributed by atoms with Gasteiger partial charge in [0.05, 0.1) is 19.7 Å². The average molecular weight is 399 g/mol. The van der Waals surface area contributed by atoms with Gasteiger partial charge in [-0.3, -0.25) is 14.6 Å². The minimum absolute atomic E-state index is 0.152. The number of piperazine rings is 1. The minimum atomic E-state index is 0.152. The van der Waals surface area contributed by atoms with Gasteiger partial charge in [-0.05, 0) is 34.4 Å². The number of ketones is 1. The van der Waals surface area contributed by atoms with Crippen molar-refractivity contribution >= 4 is 5.78 Å². The summed E-state index contributed by atoms with van der Waals surface area (Å²) in [6.07, 6.45) is 0. The zero-order valence-electron chi connectivity index (χ0n) is 17.3. The summed E-state index contributed by atoms with van der Waals surface area (Å²) < 4.78 is 5.25. The van der Waals surface area contributed by atoms with E-state index < -0.39 is 0 Å². The Bertz CT molecular complexity index is 1020. The second kappa shape index (κ2) is 8.05. The van der Waals surface area contributed by atoms with Crippen LogP contribution in [0.2, 0.25) is 0 Å². The summed E-state index contributed by atoms with van der Waals surface area (Å²) in [4.78, 5) is 17.6. The number of carbonyl (C=O) groups excluding carboxylic acids is 1. The van der Waals surface area contributed by atoms with Crippen LogP contribution in [0.5, 0.6) is 5.75 Å². The first-order valence-corrected chi connectivity index (χ1v) is 10.6.